The van der Waals surface area contributed by atoms with Gasteiger partial charge in [-0.05, 0) is 29.8 Å². The van der Waals surface area contributed by atoms with Crippen molar-refractivity contribution in [1.82, 2.24) is 9.21 Å². The minimum atomic E-state index is -3.66. The monoisotopic (exact) mass is 388 g/mol. The molecule has 0 aromatic heterocycles. The van der Waals surface area contributed by atoms with E-state index in [2.05, 4.69) is 17.0 Å². The van der Waals surface area contributed by atoms with E-state index in [-0.39, 0.29) is 10.6 Å². The van der Waals surface area contributed by atoms with E-state index in [1.54, 1.807) is 0 Å². The molecule has 144 valence electrons. The zero-order valence-electron chi connectivity index (χ0n) is 15.1. The summed E-state index contributed by atoms with van der Waals surface area (Å²) in [4.78, 5) is 2.53. The molecule has 0 aliphatic carbocycles. The molecular weight excluding hydrogens is 364 g/mol. The van der Waals surface area contributed by atoms with E-state index in [1.165, 1.54) is 34.1 Å². The molecule has 2 heterocycles. The van der Waals surface area contributed by atoms with E-state index in [1.807, 2.05) is 18.2 Å². The number of rotatable bonds is 4. The van der Waals surface area contributed by atoms with Gasteiger partial charge in [-0.2, -0.15) is 4.31 Å². The molecule has 1 N–H and O–H groups in total. The van der Waals surface area contributed by atoms with Crippen molar-refractivity contribution in [3.8, 4) is 5.75 Å². The number of ether oxygens (including phenoxy) is 1. The van der Waals surface area contributed by atoms with Crippen molar-refractivity contribution < 1.29 is 18.3 Å². The standard InChI is InChI=1S/C20H24N2O4S/c23-18-6-8-19(9-7-18)27(24,25)22-14-15-26-20(22)10-12-21(13-11-20)16-17-4-2-1-3-5-17/h1-9,23H,10-16H2. The summed E-state index contributed by atoms with van der Waals surface area (Å²) in [5.41, 5.74) is 0.499. The molecule has 4 rings (SSSR count). The minimum Gasteiger partial charge on any atom is -0.508 e. The molecule has 7 heteroatoms. The van der Waals surface area contributed by atoms with Gasteiger partial charge in [-0.3, -0.25) is 4.90 Å². The quantitative estimate of drug-likeness (QED) is 0.871. The van der Waals surface area contributed by atoms with Gasteiger partial charge in [-0.15, -0.1) is 0 Å². The first-order chi connectivity index (χ1) is 13.0. The lowest BCUT2D eigenvalue weighted by molar-refractivity contribution is -0.0917. The zero-order chi connectivity index (χ0) is 18.9. The van der Waals surface area contributed by atoms with Crippen LogP contribution in [-0.2, 0) is 21.3 Å². The van der Waals surface area contributed by atoms with Gasteiger partial charge in [0.1, 0.15) is 11.5 Å². The highest BCUT2D eigenvalue weighted by Crippen LogP contribution is 2.38. The predicted molar refractivity (Wildman–Crippen MR) is 102 cm³/mol. The van der Waals surface area contributed by atoms with Crippen molar-refractivity contribution >= 4 is 10.0 Å². The van der Waals surface area contributed by atoms with Crippen LogP contribution in [-0.4, -0.2) is 54.7 Å². The summed E-state index contributed by atoms with van der Waals surface area (Å²) in [6.07, 6.45) is 1.30. The first-order valence-corrected chi connectivity index (χ1v) is 10.7. The third-order valence-corrected chi connectivity index (χ3v) is 7.39. The largest absolute Gasteiger partial charge is 0.508 e. The van der Waals surface area contributed by atoms with Crippen LogP contribution in [0, 0.1) is 0 Å². The Kier molecular flexibility index (Phi) is 4.94. The fraction of sp³-hybridized carbons (Fsp3) is 0.400. The summed E-state index contributed by atoms with van der Waals surface area (Å²) in [6.45, 7) is 3.21. The summed E-state index contributed by atoms with van der Waals surface area (Å²) in [7, 11) is -3.66. The molecule has 0 saturated carbocycles. The molecule has 6 nitrogen and oxygen atoms in total. The number of aromatic hydroxyl groups is 1. The van der Waals surface area contributed by atoms with E-state index >= 15 is 0 Å². The van der Waals surface area contributed by atoms with Crippen LogP contribution in [0.5, 0.6) is 5.75 Å². The Morgan fingerprint density at radius 2 is 1.63 bits per heavy atom. The number of phenolic OH excluding ortho intramolecular Hbond substituents is 1. The van der Waals surface area contributed by atoms with Gasteiger partial charge in [0, 0.05) is 39.0 Å². The summed E-state index contributed by atoms with van der Waals surface area (Å²) in [5, 5.41) is 9.44. The molecular formula is C20H24N2O4S. The third-order valence-electron chi connectivity index (χ3n) is 5.43. The second kappa shape index (κ2) is 7.24. The van der Waals surface area contributed by atoms with Gasteiger partial charge in [0.15, 0.2) is 0 Å². The number of piperidine rings is 1. The summed E-state index contributed by atoms with van der Waals surface area (Å²) >= 11 is 0. The van der Waals surface area contributed by atoms with Crippen LogP contribution < -0.4 is 0 Å². The molecule has 2 aromatic carbocycles. The lowest BCUT2D eigenvalue weighted by Crippen LogP contribution is -2.54. The van der Waals surface area contributed by atoms with E-state index < -0.39 is 15.7 Å². The van der Waals surface area contributed by atoms with Crippen molar-refractivity contribution in [1.29, 1.82) is 0 Å². The van der Waals surface area contributed by atoms with Crippen LogP contribution in [0.1, 0.15) is 18.4 Å². The van der Waals surface area contributed by atoms with E-state index in [0.717, 1.165) is 19.6 Å². The number of phenols is 1. The van der Waals surface area contributed by atoms with Crippen LogP contribution in [0.2, 0.25) is 0 Å². The SMILES string of the molecule is O=S(=O)(c1ccc(O)cc1)N1CCOC12CCN(Cc1ccccc1)CC2. The van der Waals surface area contributed by atoms with Crippen molar-refractivity contribution in [2.45, 2.75) is 30.0 Å². The van der Waals surface area contributed by atoms with E-state index in [9.17, 15) is 13.5 Å². The molecule has 2 saturated heterocycles. The van der Waals surface area contributed by atoms with Crippen molar-refractivity contribution in [3.63, 3.8) is 0 Å². The van der Waals surface area contributed by atoms with Crippen molar-refractivity contribution in [2.75, 3.05) is 26.2 Å². The first kappa shape index (κ1) is 18.4. The number of sulfonamides is 1. The average Bonchev–Trinajstić information content (AvgIpc) is 3.09. The Labute approximate surface area is 160 Å². The molecule has 2 fully saturated rings. The second-order valence-electron chi connectivity index (χ2n) is 7.13. The number of benzene rings is 2. The smallest absolute Gasteiger partial charge is 0.245 e. The van der Waals surface area contributed by atoms with Crippen LogP contribution in [0.3, 0.4) is 0 Å². The maximum absolute atomic E-state index is 13.1. The molecule has 0 radical (unpaired) electrons. The third kappa shape index (κ3) is 3.60. The highest BCUT2D eigenvalue weighted by molar-refractivity contribution is 7.89. The van der Waals surface area contributed by atoms with Gasteiger partial charge in [-0.25, -0.2) is 8.42 Å². The first-order valence-electron chi connectivity index (χ1n) is 9.22. The van der Waals surface area contributed by atoms with Gasteiger partial charge >= 0.3 is 0 Å². The Hall–Kier alpha value is -1.93. The summed E-state index contributed by atoms with van der Waals surface area (Å²) in [6, 6.07) is 16.0. The van der Waals surface area contributed by atoms with Gasteiger partial charge in [-0.1, -0.05) is 30.3 Å². The number of nitrogens with zero attached hydrogens (tertiary/aromatic N) is 2. The molecule has 2 aromatic rings. The van der Waals surface area contributed by atoms with E-state index in [0.29, 0.717) is 26.0 Å². The Balaban J connectivity index is 1.49. The van der Waals surface area contributed by atoms with Crippen LogP contribution in [0.4, 0.5) is 0 Å². The van der Waals surface area contributed by atoms with Crippen LogP contribution in [0.25, 0.3) is 0 Å². The lowest BCUT2D eigenvalue weighted by atomic mass is 10.00. The average molecular weight is 388 g/mol. The molecule has 2 aliphatic rings. The lowest BCUT2D eigenvalue weighted by Gasteiger charge is -2.42. The highest BCUT2D eigenvalue weighted by atomic mass is 32.2. The molecule has 27 heavy (non-hydrogen) atoms. The molecule has 0 unspecified atom stereocenters. The Bertz CT molecular complexity index is 876. The van der Waals surface area contributed by atoms with Gasteiger partial charge in [0.25, 0.3) is 0 Å². The highest BCUT2D eigenvalue weighted by Gasteiger charge is 2.50. The number of likely N-dealkylation sites (tertiary alicyclic amines) is 1. The fourth-order valence-electron chi connectivity index (χ4n) is 3.97. The van der Waals surface area contributed by atoms with E-state index in [4.69, 9.17) is 4.74 Å². The number of hydrogen-bond acceptors (Lipinski definition) is 5. The van der Waals surface area contributed by atoms with Crippen molar-refractivity contribution in [2.24, 2.45) is 0 Å². The molecule has 0 amide bonds. The van der Waals surface area contributed by atoms with Crippen molar-refractivity contribution in [3.05, 3.63) is 60.2 Å². The maximum Gasteiger partial charge on any atom is 0.245 e. The van der Waals surface area contributed by atoms with Crippen LogP contribution in [0.15, 0.2) is 59.5 Å². The predicted octanol–water partition coefficient (Wildman–Crippen LogP) is 2.41. The van der Waals surface area contributed by atoms with Gasteiger partial charge in [0.05, 0.1) is 11.5 Å². The normalized spacial score (nSPS) is 20.9. The second-order valence-corrected chi connectivity index (χ2v) is 8.99. The number of hydrogen-bond donors (Lipinski definition) is 1. The fourth-order valence-corrected chi connectivity index (χ4v) is 5.70. The molecule has 1 spiro atoms. The minimum absolute atomic E-state index is 0.0514. The maximum atomic E-state index is 13.1. The summed E-state index contributed by atoms with van der Waals surface area (Å²) in [5.74, 6) is 0.0514. The Morgan fingerprint density at radius 3 is 2.30 bits per heavy atom. The Morgan fingerprint density at radius 1 is 0.963 bits per heavy atom. The molecule has 0 atom stereocenters. The van der Waals surface area contributed by atoms with Gasteiger partial charge in [0.2, 0.25) is 10.0 Å². The van der Waals surface area contributed by atoms with Crippen LogP contribution >= 0.6 is 0 Å². The summed E-state index contributed by atoms with van der Waals surface area (Å²) < 4.78 is 33.8. The zero-order valence-corrected chi connectivity index (χ0v) is 15.9. The molecule has 0 bridgehead atoms. The topological polar surface area (TPSA) is 70.1 Å². The van der Waals surface area contributed by atoms with Gasteiger partial charge < -0.3 is 9.84 Å². The molecule has 2 aliphatic heterocycles.